The number of pyridine rings is 1. The molecule has 0 aliphatic carbocycles. The number of H-pyrrole nitrogens is 1. The number of alkyl halides is 3. The van der Waals surface area contributed by atoms with Gasteiger partial charge in [-0.2, -0.15) is 18.3 Å². The number of hydrogen-bond donors (Lipinski definition) is 1. The molecule has 0 amide bonds. The van der Waals surface area contributed by atoms with E-state index in [9.17, 15) is 17.6 Å². The van der Waals surface area contributed by atoms with Crippen molar-refractivity contribution in [1.29, 1.82) is 0 Å². The second kappa shape index (κ2) is 6.61. The molecule has 29 heavy (non-hydrogen) atoms. The summed E-state index contributed by atoms with van der Waals surface area (Å²) in [4.78, 5) is 4.47. The molecule has 5 nitrogen and oxygen atoms in total. The van der Waals surface area contributed by atoms with Gasteiger partial charge >= 0.3 is 6.18 Å². The highest BCUT2D eigenvalue weighted by atomic mass is 19.4. The number of benzene rings is 2. The van der Waals surface area contributed by atoms with Gasteiger partial charge in [-0.3, -0.25) is 5.10 Å². The van der Waals surface area contributed by atoms with Gasteiger partial charge in [-0.1, -0.05) is 0 Å². The van der Waals surface area contributed by atoms with Crippen molar-refractivity contribution in [2.45, 2.75) is 13.1 Å². The lowest BCUT2D eigenvalue weighted by Gasteiger charge is -2.14. The molecule has 0 saturated carbocycles. The molecule has 2 aromatic heterocycles. The average molecular weight is 405 g/mol. The fourth-order valence-electron chi connectivity index (χ4n) is 3.39. The lowest BCUT2D eigenvalue weighted by Crippen LogP contribution is -2.08. The van der Waals surface area contributed by atoms with E-state index in [4.69, 9.17) is 9.47 Å². The molecule has 0 atom stereocenters. The van der Waals surface area contributed by atoms with Gasteiger partial charge in [0.1, 0.15) is 5.82 Å². The minimum absolute atomic E-state index is 0.116. The number of nitrogens with one attached hydrogen (secondary N) is 1. The van der Waals surface area contributed by atoms with Crippen LogP contribution in [0, 0.1) is 12.7 Å². The third-order valence-corrected chi connectivity index (χ3v) is 4.75. The zero-order chi connectivity index (χ0) is 20.9. The molecule has 0 radical (unpaired) electrons. The summed E-state index contributed by atoms with van der Waals surface area (Å²) >= 11 is 0. The summed E-state index contributed by atoms with van der Waals surface area (Å²) in [5, 5.41) is 8.84. The average Bonchev–Trinajstić information content (AvgIpc) is 3.06. The highest BCUT2D eigenvalue weighted by Gasteiger charge is 2.34. The normalized spacial score (nSPS) is 12.0. The van der Waals surface area contributed by atoms with Crippen molar-refractivity contribution < 1.29 is 27.0 Å². The molecule has 2 heterocycles. The molecule has 0 bridgehead atoms. The Morgan fingerprint density at radius 3 is 2.24 bits per heavy atom. The van der Waals surface area contributed by atoms with Gasteiger partial charge in [0.05, 0.1) is 31.2 Å². The van der Waals surface area contributed by atoms with E-state index in [1.165, 1.54) is 20.3 Å². The summed E-state index contributed by atoms with van der Waals surface area (Å²) in [7, 11) is 2.94. The molecule has 0 aliphatic heterocycles. The van der Waals surface area contributed by atoms with Crippen LogP contribution in [-0.4, -0.2) is 29.4 Å². The van der Waals surface area contributed by atoms with Gasteiger partial charge in [0.25, 0.3) is 0 Å². The molecule has 0 aliphatic rings. The summed E-state index contributed by atoms with van der Waals surface area (Å²) in [6.07, 6.45) is -4.83. The summed E-state index contributed by atoms with van der Waals surface area (Å²) in [5.41, 5.74) is 0.0699. The number of hydrogen-bond acceptors (Lipinski definition) is 4. The van der Waals surface area contributed by atoms with Crippen LogP contribution in [0.1, 0.15) is 11.3 Å². The molecule has 0 spiro atoms. The highest BCUT2D eigenvalue weighted by Crippen LogP contribution is 2.41. The van der Waals surface area contributed by atoms with E-state index in [0.717, 1.165) is 12.1 Å². The van der Waals surface area contributed by atoms with Crippen molar-refractivity contribution >= 4 is 21.8 Å². The molecule has 0 fully saturated rings. The molecule has 9 heteroatoms. The quantitative estimate of drug-likeness (QED) is 0.472. The summed E-state index contributed by atoms with van der Waals surface area (Å²) in [6.45, 7) is 1.79. The van der Waals surface area contributed by atoms with E-state index in [-0.39, 0.29) is 11.3 Å². The third-order valence-electron chi connectivity index (χ3n) is 4.75. The Hall–Kier alpha value is -3.36. The maximum absolute atomic E-state index is 13.8. The van der Waals surface area contributed by atoms with Crippen LogP contribution in [0.5, 0.6) is 11.5 Å². The Morgan fingerprint density at radius 2 is 1.62 bits per heavy atom. The minimum atomic E-state index is -4.83. The number of aromatic nitrogens is 3. The number of aromatic amines is 1. The van der Waals surface area contributed by atoms with Crippen LogP contribution in [0.15, 0.2) is 30.3 Å². The van der Waals surface area contributed by atoms with E-state index in [0.29, 0.717) is 39.0 Å². The van der Waals surface area contributed by atoms with Crippen LogP contribution in [0.25, 0.3) is 33.1 Å². The Morgan fingerprint density at radius 1 is 0.966 bits per heavy atom. The molecule has 0 unspecified atom stereocenters. The molecule has 150 valence electrons. The number of aryl methyl sites for hydroxylation is 1. The Kier molecular flexibility index (Phi) is 4.33. The van der Waals surface area contributed by atoms with Gasteiger partial charge in [0, 0.05) is 21.7 Å². The smallest absolute Gasteiger partial charge is 0.419 e. The minimum Gasteiger partial charge on any atom is -0.493 e. The van der Waals surface area contributed by atoms with Crippen LogP contribution in [0.2, 0.25) is 0 Å². The van der Waals surface area contributed by atoms with Crippen LogP contribution in [0.3, 0.4) is 0 Å². The summed E-state index contributed by atoms with van der Waals surface area (Å²) in [5.74, 6) is -0.501. The van der Waals surface area contributed by atoms with Gasteiger partial charge in [0.2, 0.25) is 0 Å². The number of fused-ring (bicyclic) bond motifs is 3. The van der Waals surface area contributed by atoms with Gasteiger partial charge < -0.3 is 9.47 Å². The molecule has 4 rings (SSSR count). The molecule has 0 saturated heterocycles. The SMILES string of the molecule is COc1cc2c(-c3ccc(F)c(C(F)(F)F)c3)nc3[nH]nc(C)c3c2cc1OC. The van der Waals surface area contributed by atoms with E-state index in [2.05, 4.69) is 15.2 Å². The Bertz CT molecular complexity index is 1250. The first-order valence-electron chi connectivity index (χ1n) is 8.52. The Balaban J connectivity index is 2.12. The monoisotopic (exact) mass is 405 g/mol. The fourth-order valence-corrected chi connectivity index (χ4v) is 3.39. The van der Waals surface area contributed by atoms with Crippen molar-refractivity contribution in [2.75, 3.05) is 14.2 Å². The number of halogens is 4. The molecule has 2 aromatic carbocycles. The predicted octanol–water partition coefficient (Wildman–Crippen LogP) is 5.26. The topological polar surface area (TPSA) is 60.0 Å². The number of methoxy groups -OCH3 is 2. The van der Waals surface area contributed by atoms with Crippen molar-refractivity contribution in [1.82, 2.24) is 15.2 Å². The van der Waals surface area contributed by atoms with Crippen molar-refractivity contribution in [2.24, 2.45) is 0 Å². The van der Waals surface area contributed by atoms with Crippen molar-refractivity contribution in [3.8, 4) is 22.8 Å². The molecule has 1 N–H and O–H groups in total. The lowest BCUT2D eigenvalue weighted by molar-refractivity contribution is -0.139. The van der Waals surface area contributed by atoms with Gasteiger partial charge in [-0.25, -0.2) is 9.37 Å². The van der Waals surface area contributed by atoms with Crippen LogP contribution in [-0.2, 0) is 6.18 Å². The van der Waals surface area contributed by atoms with Gasteiger partial charge in [0.15, 0.2) is 17.1 Å². The standard InChI is InChI=1S/C20H15F4N3O2/c1-9-17-11-7-15(28-2)16(29-3)8-12(11)18(25-19(17)27-26-9)10-4-5-14(21)13(6-10)20(22,23)24/h4-8H,1-3H3,(H,25,26,27). The van der Waals surface area contributed by atoms with E-state index in [1.54, 1.807) is 19.1 Å². The third kappa shape index (κ3) is 3.02. The number of rotatable bonds is 3. The van der Waals surface area contributed by atoms with E-state index >= 15 is 0 Å². The van der Waals surface area contributed by atoms with Crippen molar-refractivity contribution in [3.05, 3.63) is 47.4 Å². The zero-order valence-corrected chi connectivity index (χ0v) is 15.6. The molecular formula is C20H15F4N3O2. The van der Waals surface area contributed by atoms with E-state index < -0.39 is 17.6 Å². The number of nitrogens with zero attached hydrogens (tertiary/aromatic N) is 2. The predicted molar refractivity (Wildman–Crippen MR) is 99.6 cm³/mol. The van der Waals surface area contributed by atoms with E-state index in [1.807, 2.05) is 0 Å². The summed E-state index contributed by atoms with van der Waals surface area (Å²) in [6, 6.07) is 6.16. The fraction of sp³-hybridized carbons (Fsp3) is 0.200. The zero-order valence-electron chi connectivity index (χ0n) is 15.6. The highest BCUT2D eigenvalue weighted by molar-refractivity contribution is 6.12. The van der Waals surface area contributed by atoms with Gasteiger partial charge in [-0.15, -0.1) is 0 Å². The Labute approximate surface area is 162 Å². The lowest BCUT2D eigenvalue weighted by atomic mass is 9.99. The second-order valence-corrected chi connectivity index (χ2v) is 6.44. The maximum Gasteiger partial charge on any atom is 0.419 e. The van der Waals surface area contributed by atoms with Crippen LogP contribution >= 0.6 is 0 Å². The van der Waals surface area contributed by atoms with Crippen molar-refractivity contribution in [3.63, 3.8) is 0 Å². The second-order valence-electron chi connectivity index (χ2n) is 6.44. The summed E-state index contributed by atoms with van der Waals surface area (Å²) < 4.78 is 64.1. The first-order valence-corrected chi connectivity index (χ1v) is 8.52. The van der Waals surface area contributed by atoms with Crippen LogP contribution < -0.4 is 9.47 Å². The first kappa shape index (κ1) is 19.0. The molecule has 4 aromatic rings. The largest absolute Gasteiger partial charge is 0.493 e. The maximum atomic E-state index is 13.8. The van der Waals surface area contributed by atoms with Crippen LogP contribution in [0.4, 0.5) is 17.6 Å². The first-order chi connectivity index (χ1) is 13.7. The van der Waals surface area contributed by atoms with Gasteiger partial charge in [-0.05, 0) is 37.3 Å². The number of ether oxygens (including phenoxy) is 2. The molecular weight excluding hydrogens is 390 g/mol.